The summed E-state index contributed by atoms with van der Waals surface area (Å²) in [6.45, 7) is 4.77. The van der Waals surface area contributed by atoms with E-state index in [1.165, 1.54) is 7.11 Å². The lowest BCUT2D eigenvalue weighted by molar-refractivity contribution is -0.119. The molecule has 0 saturated carbocycles. The summed E-state index contributed by atoms with van der Waals surface area (Å²) in [6.07, 6.45) is 1.35. The largest absolute Gasteiger partial charge is 0.465 e. The zero-order valence-corrected chi connectivity index (χ0v) is 11.6. The van der Waals surface area contributed by atoms with E-state index >= 15 is 0 Å². The van der Waals surface area contributed by atoms with E-state index in [1.54, 1.807) is 6.07 Å². The van der Waals surface area contributed by atoms with Crippen LogP contribution in [0.1, 0.15) is 36.2 Å². The molecule has 0 bridgehead atoms. The van der Waals surface area contributed by atoms with Crippen LogP contribution in [0.5, 0.6) is 0 Å². The van der Waals surface area contributed by atoms with Gasteiger partial charge >= 0.3 is 5.97 Å². The molecule has 0 saturated heterocycles. The summed E-state index contributed by atoms with van der Waals surface area (Å²) in [6, 6.07) is 5.38. The highest BCUT2D eigenvalue weighted by Crippen LogP contribution is 2.30. The lowest BCUT2D eigenvalue weighted by Crippen LogP contribution is -2.29. The number of anilines is 1. The Bertz CT molecular complexity index is 508. The predicted octanol–water partition coefficient (Wildman–Crippen LogP) is 2.41. The van der Waals surface area contributed by atoms with Gasteiger partial charge in [0.05, 0.1) is 12.7 Å². The molecule has 1 aliphatic heterocycles. The van der Waals surface area contributed by atoms with Gasteiger partial charge < -0.3 is 9.64 Å². The quantitative estimate of drug-likeness (QED) is 0.785. The average molecular weight is 261 g/mol. The molecule has 1 aliphatic rings. The highest BCUT2D eigenvalue weighted by Gasteiger charge is 2.25. The van der Waals surface area contributed by atoms with Gasteiger partial charge in [-0.2, -0.15) is 0 Å². The van der Waals surface area contributed by atoms with Gasteiger partial charge in [0, 0.05) is 18.7 Å². The molecule has 0 radical (unpaired) electrons. The molecule has 0 aromatic heterocycles. The number of carbonyl (C=O) groups excluding carboxylic acids is 2. The zero-order chi connectivity index (χ0) is 14.0. The molecule has 102 valence electrons. The maximum atomic E-state index is 12.1. The number of methoxy groups -OCH3 is 1. The van der Waals surface area contributed by atoms with Gasteiger partial charge in [0.15, 0.2) is 0 Å². The van der Waals surface area contributed by atoms with Crippen molar-refractivity contribution >= 4 is 17.6 Å². The van der Waals surface area contributed by atoms with E-state index in [9.17, 15) is 9.59 Å². The number of fused-ring (bicyclic) bond motifs is 1. The average Bonchev–Trinajstić information content (AvgIpc) is 2.79. The lowest BCUT2D eigenvalue weighted by atomic mass is 10.1. The van der Waals surface area contributed by atoms with E-state index in [-0.39, 0.29) is 11.9 Å². The minimum Gasteiger partial charge on any atom is -0.465 e. The maximum Gasteiger partial charge on any atom is 0.337 e. The Morgan fingerprint density at radius 3 is 2.74 bits per heavy atom. The van der Waals surface area contributed by atoms with Crippen molar-refractivity contribution in [3.63, 3.8) is 0 Å². The van der Waals surface area contributed by atoms with Crippen LogP contribution in [0.3, 0.4) is 0 Å². The van der Waals surface area contributed by atoms with Gasteiger partial charge in [0.2, 0.25) is 5.91 Å². The third-order valence-corrected chi connectivity index (χ3v) is 3.28. The first-order chi connectivity index (χ1) is 9.02. The van der Waals surface area contributed by atoms with E-state index < -0.39 is 0 Å². The third kappa shape index (κ3) is 2.78. The number of benzene rings is 1. The van der Waals surface area contributed by atoms with Crippen molar-refractivity contribution in [2.24, 2.45) is 5.92 Å². The molecule has 0 fully saturated rings. The molecule has 0 N–H and O–H groups in total. The smallest absolute Gasteiger partial charge is 0.337 e. The summed E-state index contributed by atoms with van der Waals surface area (Å²) < 4.78 is 4.70. The molecule has 2 rings (SSSR count). The molecule has 1 heterocycles. The molecule has 4 heteroatoms. The van der Waals surface area contributed by atoms with Crippen LogP contribution in [0.2, 0.25) is 0 Å². The van der Waals surface area contributed by atoms with Crippen molar-refractivity contribution in [3.8, 4) is 0 Å². The van der Waals surface area contributed by atoms with E-state index in [4.69, 9.17) is 4.74 Å². The Labute approximate surface area is 113 Å². The van der Waals surface area contributed by atoms with Crippen LogP contribution >= 0.6 is 0 Å². The number of ether oxygens (including phenoxy) is 1. The molecule has 1 aromatic rings. The number of carbonyl (C=O) groups is 2. The SMILES string of the molecule is COC(=O)c1ccc2c(c1)CCN2C(=O)CC(C)C. The van der Waals surface area contributed by atoms with Gasteiger partial charge in [-0.3, -0.25) is 4.79 Å². The number of hydrogen-bond acceptors (Lipinski definition) is 3. The predicted molar refractivity (Wildman–Crippen MR) is 73.3 cm³/mol. The lowest BCUT2D eigenvalue weighted by Gasteiger charge is -2.18. The van der Waals surface area contributed by atoms with Crippen molar-refractivity contribution in [2.45, 2.75) is 26.7 Å². The minimum atomic E-state index is -0.338. The summed E-state index contributed by atoms with van der Waals surface area (Å²) in [4.78, 5) is 25.4. The molecular weight excluding hydrogens is 242 g/mol. The number of hydrogen-bond donors (Lipinski definition) is 0. The van der Waals surface area contributed by atoms with Crippen LogP contribution in [0.15, 0.2) is 18.2 Å². The number of amides is 1. The first-order valence-corrected chi connectivity index (χ1v) is 6.54. The molecule has 0 spiro atoms. The second-order valence-corrected chi connectivity index (χ2v) is 5.23. The van der Waals surface area contributed by atoms with E-state index in [1.807, 2.05) is 30.9 Å². The third-order valence-electron chi connectivity index (χ3n) is 3.28. The molecule has 0 unspecified atom stereocenters. The molecule has 19 heavy (non-hydrogen) atoms. The Balaban J connectivity index is 2.22. The fourth-order valence-corrected chi connectivity index (χ4v) is 2.37. The van der Waals surface area contributed by atoms with Crippen molar-refractivity contribution in [3.05, 3.63) is 29.3 Å². The van der Waals surface area contributed by atoms with Crippen LogP contribution in [-0.4, -0.2) is 25.5 Å². The molecule has 0 atom stereocenters. The van der Waals surface area contributed by atoms with Crippen LogP contribution in [0, 0.1) is 5.92 Å². The van der Waals surface area contributed by atoms with Crippen LogP contribution in [-0.2, 0) is 16.0 Å². The van der Waals surface area contributed by atoms with Gasteiger partial charge in [-0.05, 0) is 36.1 Å². The van der Waals surface area contributed by atoms with Gasteiger partial charge in [0.1, 0.15) is 0 Å². The molecule has 4 nitrogen and oxygen atoms in total. The van der Waals surface area contributed by atoms with Crippen LogP contribution in [0.4, 0.5) is 5.69 Å². The zero-order valence-electron chi connectivity index (χ0n) is 11.6. The second kappa shape index (κ2) is 5.43. The Hall–Kier alpha value is -1.84. The normalized spacial score (nSPS) is 13.6. The highest BCUT2D eigenvalue weighted by atomic mass is 16.5. The number of esters is 1. The Kier molecular flexibility index (Phi) is 3.88. The first kappa shape index (κ1) is 13.6. The summed E-state index contributed by atoms with van der Waals surface area (Å²) in [7, 11) is 1.37. The first-order valence-electron chi connectivity index (χ1n) is 6.54. The van der Waals surface area contributed by atoms with E-state index in [2.05, 4.69) is 0 Å². The Morgan fingerprint density at radius 2 is 2.11 bits per heavy atom. The molecular formula is C15H19NO3. The number of nitrogens with zero attached hydrogens (tertiary/aromatic N) is 1. The monoisotopic (exact) mass is 261 g/mol. The fraction of sp³-hybridized carbons (Fsp3) is 0.467. The molecule has 1 aromatic carbocycles. The van der Waals surface area contributed by atoms with Gasteiger partial charge in [0.25, 0.3) is 0 Å². The van der Waals surface area contributed by atoms with E-state index in [0.717, 1.165) is 17.7 Å². The van der Waals surface area contributed by atoms with Gasteiger partial charge in [-0.15, -0.1) is 0 Å². The van der Waals surface area contributed by atoms with Gasteiger partial charge in [-0.1, -0.05) is 13.8 Å². The Morgan fingerprint density at radius 1 is 1.37 bits per heavy atom. The van der Waals surface area contributed by atoms with Crippen LogP contribution < -0.4 is 4.90 Å². The summed E-state index contributed by atoms with van der Waals surface area (Å²) >= 11 is 0. The number of rotatable bonds is 3. The molecule has 0 aliphatic carbocycles. The highest BCUT2D eigenvalue weighted by molar-refractivity contribution is 5.97. The maximum absolute atomic E-state index is 12.1. The van der Waals surface area contributed by atoms with E-state index in [0.29, 0.717) is 24.4 Å². The summed E-state index contributed by atoms with van der Waals surface area (Å²) in [5.41, 5.74) is 2.51. The summed E-state index contributed by atoms with van der Waals surface area (Å²) in [5.74, 6) is 0.167. The summed E-state index contributed by atoms with van der Waals surface area (Å²) in [5, 5.41) is 0. The second-order valence-electron chi connectivity index (χ2n) is 5.23. The minimum absolute atomic E-state index is 0.152. The van der Waals surface area contributed by atoms with Crippen LogP contribution in [0.25, 0.3) is 0 Å². The van der Waals surface area contributed by atoms with Crippen molar-refractivity contribution in [2.75, 3.05) is 18.6 Å². The van der Waals surface area contributed by atoms with Crippen molar-refractivity contribution < 1.29 is 14.3 Å². The molecule has 1 amide bonds. The van der Waals surface area contributed by atoms with Crippen molar-refractivity contribution in [1.29, 1.82) is 0 Å². The standard InChI is InChI=1S/C15H19NO3/c1-10(2)8-14(17)16-7-6-11-9-12(15(18)19-3)4-5-13(11)16/h4-5,9-10H,6-8H2,1-3H3. The van der Waals surface area contributed by atoms with Gasteiger partial charge in [-0.25, -0.2) is 4.79 Å². The fourth-order valence-electron chi connectivity index (χ4n) is 2.37. The van der Waals surface area contributed by atoms with Crippen molar-refractivity contribution in [1.82, 2.24) is 0 Å². The topological polar surface area (TPSA) is 46.6 Å².